The lowest BCUT2D eigenvalue weighted by molar-refractivity contribution is -0.130. The number of hydrogen-bond acceptors (Lipinski definition) is 11. The van der Waals surface area contributed by atoms with Gasteiger partial charge in [0, 0.05) is 24.5 Å². The van der Waals surface area contributed by atoms with Crippen molar-refractivity contribution < 1.29 is 36.0 Å². The van der Waals surface area contributed by atoms with Gasteiger partial charge in [-0.15, -0.1) is 11.3 Å². The summed E-state index contributed by atoms with van der Waals surface area (Å²) in [6.45, 7) is 5.07. The minimum absolute atomic E-state index is 0.00964. The van der Waals surface area contributed by atoms with Crippen molar-refractivity contribution in [1.82, 2.24) is 25.1 Å². The highest BCUT2D eigenvalue weighted by molar-refractivity contribution is 7.90. The fourth-order valence-corrected chi connectivity index (χ4v) is 10.3. The number of hydrogen-bond donors (Lipinski definition) is 5. The van der Waals surface area contributed by atoms with Crippen LogP contribution < -0.4 is 30.5 Å². The number of aliphatic imine (C=N–C) groups is 1. The van der Waals surface area contributed by atoms with E-state index in [-0.39, 0.29) is 53.8 Å². The average molecular weight is 902 g/mol. The predicted octanol–water partition coefficient (Wildman–Crippen LogP) is 4.28. The molecule has 62 heavy (non-hydrogen) atoms. The number of nitrogens with two attached hydrogens (primary N) is 1. The molecule has 0 unspecified atom stereocenters. The molecule has 5 rings (SSSR count). The molecule has 328 valence electrons. The first kappa shape index (κ1) is 47.1. The number of thiazole rings is 1. The molecule has 4 aromatic carbocycles. The highest BCUT2D eigenvalue weighted by Gasteiger charge is 2.32. The number of amides is 2. The summed E-state index contributed by atoms with van der Waals surface area (Å²) in [5.74, 6) is -2.10. The predicted molar refractivity (Wildman–Crippen MR) is 240 cm³/mol. The first-order chi connectivity index (χ1) is 29.6. The minimum atomic E-state index is -4.13. The zero-order valence-electron chi connectivity index (χ0n) is 34.8. The number of rotatable bonds is 21. The Morgan fingerprint density at radius 2 is 1.32 bits per heavy atom. The molecular formula is C44H51N7O8S3. The van der Waals surface area contributed by atoms with Crippen LogP contribution in [0.3, 0.4) is 0 Å². The topological polar surface area (TPSA) is 228 Å². The zero-order chi connectivity index (χ0) is 44.9. The number of sulfonamides is 2. The number of ketones is 1. The fraction of sp³-hybridized carbons (Fsp3) is 0.295. The number of ether oxygens (including phenoxy) is 1. The van der Waals surface area contributed by atoms with Crippen molar-refractivity contribution in [2.45, 2.75) is 75.2 Å². The van der Waals surface area contributed by atoms with Crippen LogP contribution >= 0.6 is 11.3 Å². The lowest BCUT2D eigenvalue weighted by Gasteiger charge is -2.25. The number of nitrogens with zero attached hydrogens (tertiary/aromatic N) is 2. The van der Waals surface area contributed by atoms with E-state index in [1.54, 1.807) is 123 Å². The summed E-state index contributed by atoms with van der Waals surface area (Å²) in [6.07, 6.45) is 1.70. The highest BCUT2D eigenvalue weighted by Crippen LogP contribution is 2.30. The number of guanidine groups is 1. The van der Waals surface area contributed by atoms with Crippen molar-refractivity contribution in [3.63, 3.8) is 0 Å². The van der Waals surface area contributed by atoms with E-state index in [1.807, 2.05) is 0 Å². The van der Waals surface area contributed by atoms with Gasteiger partial charge in [-0.25, -0.2) is 31.3 Å². The average Bonchev–Trinajstić information content (AvgIpc) is 3.78. The molecule has 0 saturated heterocycles. The largest absolute Gasteiger partial charge is 0.496 e. The second-order valence-corrected chi connectivity index (χ2v) is 18.9. The van der Waals surface area contributed by atoms with Crippen molar-refractivity contribution in [2.24, 2.45) is 10.7 Å². The van der Waals surface area contributed by atoms with Crippen molar-refractivity contribution in [3.8, 4) is 5.75 Å². The van der Waals surface area contributed by atoms with Crippen LogP contribution in [0.15, 0.2) is 119 Å². The molecule has 18 heteroatoms. The van der Waals surface area contributed by atoms with Crippen molar-refractivity contribution in [1.29, 1.82) is 0 Å². The molecule has 0 radical (unpaired) electrons. The summed E-state index contributed by atoms with van der Waals surface area (Å²) in [5.41, 5.74) is 9.57. The van der Waals surface area contributed by atoms with Crippen molar-refractivity contribution in [2.75, 3.05) is 13.7 Å². The van der Waals surface area contributed by atoms with Crippen LogP contribution in [0, 0.1) is 20.8 Å². The second kappa shape index (κ2) is 21.7. The minimum Gasteiger partial charge on any atom is -0.496 e. The van der Waals surface area contributed by atoms with E-state index in [4.69, 9.17) is 10.5 Å². The van der Waals surface area contributed by atoms with Gasteiger partial charge in [0.15, 0.2) is 5.01 Å². The summed E-state index contributed by atoms with van der Waals surface area (Å²) in [6, 6.07) is 24.3. The number of methoxy groups -OCH3 is 1. The van der Waals surface area contributed by atoms with Gasteiger partial charge in [0.2, 0.25) is 33.6 Å². The molecule has 0 spiro atoms. The first-order valence-corrected chi connectivity index (χ1v) is 23.7. The second-order valence-electron chi connectivity index (χ2n) is 14.6. The van der Waals surface area contributed by atoms with E-state index < -0.39 is 55.8 Å². The Balaban J connectivity index is 1.34. The Hall–Kier alpha value is -5.95. The van der Waals surface area contributed by atoms with Crippen LogP contribution in [0.1, 0.15) is 56.0 Å². The Labute approximate surface area is 366 Å². The van der Waals surface area contributed by atoms with E-state index >= 15 is 0 Å². The lowest BCUT2D eigenvalue weighted by atomic mass is 10.0. The molecule has 3 atom stereocenters. The number of carbonyl (C=O) groups is 3. The maximum atomic E-state index is 14.3. The Morgan fingerprint density at radius 1 is 0.774 bits per heavy atom. The van der Waals surface area contributed by atoms with Gasteiger partial charge in [-0.3, -0.25) is 19.4 Å². The molecule has 5 aromatic rings. The van der Waals surface area contributed by atoms with Crippen LogP contribution in [-0.4, -0.2) is 77.2 Å². The summed E-state index contributed by atoms with van der Waals surface area (Å²) in [5, 5.41) is 7.34. The summed E-state index contributed by atoms with van der Waals surface area (Å²) < 4.78 is 63.9. The standard InChI is InChI=1S/C44H51N7O8S3/c1-29-25-38(59-4)30(2)31(3)40(29)62(57,58)51-44(45)47-22-14-21-35(39(52)43-46-23-24-60-43)48-41(53)36(26-32-15-8-5-9-16-32)49-42(54)37(27-33-17-10-6-11-18-33)50-61(55,56)28-34-19-12-7-13-20-34/h5-13,15-20,23-25,35-37,50H,14,21-22,26-28H2,1-4H3,(H,48,53)(H,49,54)(H3,45,47,51)/t35-,36-,37+/m0/s1. The molecule has 0 saturated carbocycles. The van der Waals surface area contributed by atoms with Crippen LogP contribution in [0.4, 0.5) is 0 Å². The number of aryl methyl sites for hydroxylation is 1. The van der Waals surface area contributed by atoms with Gasteiger partial charge in [-0.05, 0) is 79.5 Å². The van der Waals surface area contributed by atoms with Crippen LogP contribution in [-0.2, 0) is 48.2 Å². The van der Waals surface area contributed by atoms with Crippen LogP contribution in [0.2, 0.25) is 0 Å². The number of carbonyl (C=O) groups excluding carboxylic acids is 3. The molecule has 1 heterocycles. The zero-order valence-corrected chi connectivity index (χ0v) is 37.3. The molecule has 0 aliphatic rings. The molecule has 0 aliphatic carbocycles. The SMILES string of the molecule is COc1cc(C)c(S(=O)(=O)NC(N)=NCCC[C@H](NC(=O)[C@H](Cc2ccccc2)NC(=O)[C@@H](Cc2ccccc2)NS(=O)(=O)Cc2ccccc2)C(=O)c2nccs2)c(C)c1C. The summed E-state index contributed by atoms with van der Waals surface area (Å²) >= 11 is 1.09. The normalized spacial score (nSPS) is 13.4. The van der Waals surface area contributed by atoms with Crippen molar-refractivity contribution in [3.05, 3.63) is 147 Å². The number of nitrogens with one attached hydrogen (secondary N) is 4. The molecule has 6 N–H and O–H groups in total. The number of aromatic nitrogens is 1. The van der Waals surface area contributed by atoms with Gasteiger partial charge < -0.3 is 21.1 Å². The molecule has 0 aliphatic heterocycles. The summed E-state index contributed by atoms with van der Waals surface area (Å²) in [4.78, 5) is 50.6. The molecule has 2 amide bonds. The number of Topliss-reactive ketones (excluding diaryl/α,β-unsaturated/α-hetero) is 1. The third-order valence-electron chi connectivity index (χ3n) is 9.95. The molecule has 1 aromatic heterocycles. The van der Waals surface area contributed by atoms with Gasteiger partial charge in [0.25, 0.3) is 10.0 Å². The summed E-state index contributed by atoms with van der Waals surface area (Å²) in [7, 11) is -6.67. The van der Waals surface area contributed by atoms with E-state index in [0.717, 1.165) is 11.3 Å². The Kier molecular flexibility index (Phi) is 16.5. The van der Waals surface area contributed by atoms with Gasteiger partial charge in [-0.1, -0.05) is 91.0 Å². The first-order valence-electron chi connectivity index (χ1n) is 19.7. The van der Waals surface area contributed by atoms with Crippen LogP contribution in [0.25, 0.3) is 0 Å². The van der Waals surface area contributed by atoms with E-state index in [0.29, 0.717) is 39.1 Å². The molecule has 15 nitrogen and oxygen atoms in total. The Morgan fingerprint density at radius 3 is 1.89 bits per heavy atom. The third kappa shape index (κ3) is 13.3. The monoisotopic (exact) mass is 901 g/mol. The maximum absolute atomic E-state index is 14.3. The van der Waals surface area contributed by atoms with Crippen molar-refractivity contribution >= 4 is 54.9 Å². The van der Waals surface area contributed by atoms with Gasteiger partial charge in [0.05, 0.1) is 23.8 Å². The highest BCUT2D eigenvalue weighted by atomic mass is 32.2. The molecule has 0 fully saturated rings. The van der Waals surface area contributed by atoms with Gasteiger partial charge in [-0.2, -0.15) is 0 Å². The number of benzene rings is 4. The third-order valence-corrected chi connectivity index (χ3v) is 13.7. The van der Waals surface area contributed by atoms with E-state index in [1.165, 1.54) is 13.3 Å². The lowest BCUT2D eigenvalue weighted by Crippen LogP contribution is -2.57. The molecule has 0 bridgehead atoms. The van der Waals surface area contributed by atoms with Gasteiger partial charge >= 0.3 is 0 Å². The van der Waals surface area contributed by atoms with E-state index in [9.17, 15) is 31.2 Å². The Bertz CT molecular complexity index is 2560. The quantitative estimate of drug-likeness (QED) is 0.0304. The van der Waals surface area contributed by atoms with Gasteiger partial charge in [0.1, 0.15) is 17.8 Å². The maximum Gasteiger partial charge on any atom is 0.264 e. The van der Waals surface area contributed by atoms with Crippen LogP contribution in [0.5, 0.6) is 5.75 Å². The molecular weight excluding hydrogens is 851 g/mol. The van der Waals surface area contributed by atoms with E-state index in [2.05, 4.69) is 30.1 Å². The smallest absolute Gasteiger partial charge is 0.264 e. The fourth-order valence-electron chi connectivity index (χ4n) is 6.82.